The molecule has 0 spiro atoms. The molecule has 28 heavy (non-hydrogen) atoms. The molecule has 2 aromatic rings. The Bertz CT molecular complexity index is 954. The van der Waals surface area contributed by atoms with Gasteiger partial charge >= 0.3 is 5.70 Å². The second kappa shape index (κ2) is 9.23. The lowest BCUT2D eigenvalue weighted by molar-refractivity contribution is -0.421. The Kier molecular flexibility index (Phi) is 6.94. The summed E-state index contributed by atoms with van der Waals surface area (Å²) in [5, 5.41) is 12.1. The molecule has 0 atom stereocenters. The van der Waals surface area contributed by atoms with E-state index in [1.807, 2.05) is 54.3 Å². The SMILES string of the molecule is Cc1ccc(S/C(=C(/C(Cl)=C(Cl)Cl)[N+](=O)[O-])N2CCc3ccccc3C2)cc1. The number of hydrogen-bond acceptors (Lipinski definition) is 4. The van der Waals surface area contributed by atoms with E-state index in [2.05, 4.69) is 6.07 Å². The van der Waals surface area contributed by atoms with Gasteiger partial charge in [0.1, 0.15) is 4.49 Å². The Balaban J connectivity index is 2.08. The number of benzene rings is 2. The van der Waals surface area contributed by atoms with E-state index in [4.69, 9.17) is 34.8 Å². The summed E-state index contributed by atoms with van der Waals surface area (Å²) in [5.74, 6) is 0. The first-order chi connectivity index (χ1) is 13.4. The molecule has 0 N–H and O–H groups in total. The zero-order chi connectivity index (χ0) is 20.3. The first-order valence-corrected chi connectivity index (χ1v) is 10.5. The average Bonchev–Trinajstić information content (AvgIpc) is 2.68. The molecule has 146 valence electrons. The molecule has 0 bridgehead atoms. The van der Waals surface area contributed by atoms with Crippen LogP contribution in [0.2, 0.25) is 0 Å². The Morgan fingerprint density at radius 1 is 1.07 bits per heavy atom. The van der Waals surface area contributed by atoms with E-state index in [0.717, 1.165) is 22.4 Å². The smallest absolute Gasteiger partial charge is 0.320 e. The lowest BCUT2D eigenvalue weighted by atomic mass is 10.0. The maximum atomic E-state index is 11.9. The summed E-state index contributed by atoms with van der Waals surface area (Å²) in [6, 6.07) is 15.9. The number of halogens is 3. The highest BCUT2D eigenvalue weighted by molar-refractivity contribution is 8.03. The van der Waals surface area contributed by atoms with Crippen LogP contribution in [-0.4, -0.2) is 16.4 Å². The molecule has 0 aromatic heterocycles. The molecule has 0 saturated carbocycles. The van der Waals surface area contributed by atoms with Crippen molar-refractivity contribution >= 4 is 46.6 Å². The fourth-order valence-corrected chi connectivity index (χ4v) is 4.44. The third kappa shape index (κ3) is 4.84. The van der Waals surface area contributed by atoms with E-state index in [-0.39, 0.29) is 15.2 Å². The van der Waals surface area contributed by atoms with Crippen molar-refractivity contribution in [2.45, 2.75) is 24.8 Å². The number of aryl methyl sites for hydroxylation is 1. The molecule has 2 aromatic carbocycles. The van der Waals surface area contributed by atoms with Crippen LogP contribution in [0.25, 0.3) is 0 Å². The van der Waals surface area contributed by atoms with Crippen LogP contribution in [0.1, 0.15) is 16.7 Å². The summed E-state index contributed by atoms with van der Waals surface area (Å²) in [6.07, 6.45) is 0.787. The van der Waals surface area contributed by atoms with Crippen molar-refractivity contribution in [3.63, 3.8) is 0 Å². The van der Waals surface area contributed by atoms with Crippen LogP contribution in [0.15, 0.2) is 73.7 Å². The monoisotopic (exact) mass is 454 g/mol. The van der Waals surface area contributed by atoms with Crippen LogP contribution < -0.4 is 0 Å². The summed E-state index contributed by atoms with van der Waals surface area (Å²) in [4.78, 5) is 14.2. The molecular weight excluding hydrogens is 439 g/mol. The van der Waals surface area contributed by atoms with Crippen molar-refractivity contribution in [3.05, 3.63) is 95.6 Å². The maximum absolute atomic E-state index is 11.9. The second-order valence-electron chi connectivity index (χ2n) is 6.34. The summed E-state index contributed by atoms with van der Waals surface area (Å²) in [5.41, 5.74) is 3.21. The summed E-state index contributed by atoms with van der Waals surface area (Å²) in [7, 11) is 0. The van der Waals surface area contributed by atoms with E-state index in [1.165, 1.54) is 17.3 Å². The minimum atomic E-state index is -0.524. The second-order valence-corrected chi connectivity index (χ2v) is 8.73. The van der Waals surface area contributed by atoms with Crippen LogP contribution >= 0.6 is 46.6 Å². The number of allylic oxidation sites excluding steroid dienone is 1. The molecule has 0 aliphatic carbocycles. The van der Waals surface area contributed by atoms with Crippen LogP contribution in [-0.2, 0) is 13.0 Å². The van der Waals surface area contributed by atoms with Gasteiger partial charge in [-0.3, -0.25) is 10.1 Å². The Hall–Kier alpha value is -1.66. The summed E-state index contributed by atoms with van der Waals surface area (Å²) in [6.45, 7) is 3.17. The van der Waals surface area contributed by atoms with Gasteiger partial charge < -0.3 is 4.90 Å². The molecule has 0 radical (unpaired) electrons. The minimum absolute atomic E-state index is 0.262. The molecule has 8 heteroatoms. The minimum Gasteiger partial charge on any atom is -0.356 e. The molecule has 0 fully saturated rings. The van der Waals surface area contributed by atoms with Gasteiger partial charge in [-0.05, 0) is 36.6 Å². The van der Waals surface area contributed by atoms with E-state index >= 15 is 0 Å². The van der Waals surface area contributed by atoms with Crippen LogP contribution in [0.3, 0.4) is 0 Å². The van der Waals surface area contributed by atoms with E-state index in [1.54, 1.807) is 0 Å². The van der Waals surface area contributed by atoms with Gasteiger partial charge in [0.25, 0.3) is 0 Å². The van der Waals surface area contributed by atoms with Crippen molar-refractivity contribution in [2.24, 2.45) is 0 Å². The van der Waals surface area contributed by atoms with Crippen molar-refractivity contribution in [1.29, 1.82) is 0 Å². The van der Waals surface area contributed by atoms with E-state index in [0.29, 0.717) is 18.1 Å². The molecule has 1 aliphatic rings. The first-order valence-electron chi connectivity index (χ1n) is 8.53. The fraction of sp³-hybridized carbons (Fsp3) is 0.200. The van der Waals surface area contributed by atoms with Crippen LogP contribution in [0.5, 0.6) is 0 Å². The zero-order valence-electron chi connectivity index (χ0n) is 15.0. The number of rotatable bonds is 5. The van der Waals surface area contributed by atoms with Gasteiger partial charge in [0, 0.05) is 18.0 Å². The molecule has 1 heterocycles. The topological polar surface area (TPSA) is 46.4 Å². The zero-order valence-corrected chi connectivity index (χ0v) is 18.1. The highest BCUT2D eigenvalue weighted by atomic mass is 35.5. The predicted octanol–water partition coefficient (Wildman–Crippen LogP) is 6.48. The van der Waals surface area contributed by atoms with Crippen molar-refractivity contribution < 1.29 is 4.92 Å². The Labute approximate surface area is 182 Å². The summed E-state index contributed by atoms with van der Waals surface area (Å²) < 4.78 is -0.326. The van der Waals surface area contributed by atoms with Gasteiger partial charge in [-0.1, -0.05) is 88.5 Å². The van der Waals surface area contributed by atoms with Gasteiger partial charge in [-0.15, -0.1) is 0 Å². The average molecular weight is 456 g/mol. The molecule has 3 rings (SSSR count). The quantitative estimate of drug-likeness (QED) is 0.224. The molecule has 4 nitrogen and oxygen atoms in total. The predicted molar refractivity (Wildman–Crippen MR) is 116 cm³/mol. The van der Waals surface area contributed by atoms with E-state index in [9.17, 15) is 10.1 Å². The third-order valence-corrected chi connectivity index (χ3v) is 6.50. The van der Waals surface area contributed by atoms with Crippen LogP contribution in [0.4, 0.5) is 0 Å². The number of hydrogen-bond donors (Lipinski definition) is 0. The highest BCUT2D eigenvalue weighted by Crippen LogP contribution is 2.39. The number of nitrogens with zero attached hydrogens (tertiary/aromatic N) is 2. The van der Waals surface area contributed by atoms with E-state index < -0.39 is 4.92 Å². The summed E-state index contributed by atoms with van der Waals surface area (Å²) >= 11 is 19.1. The van der Waals surface area contributed by atoms with Crippen LogP contribution in [0, 0.1) is 17.0 Å². The van der Waals surface area contributed by atoms with Gasteiger partial charge in [0.05, 0.1) is 4.92 Å². The number of thioether (sulfide) groups is 1. The lowest BCUT2D eigenvalue weighted by Crippen LogP contribution is -2.30. The number of nitro groups is 1. The molecule has 0 saturated heterocycles. The van der Waals surface area contributed by atoms with Gasteiger partial charge in [0.15, 0.2) is 10.1 Å². The standard InChI is InChI=1S/C20H17Cl3N2O2S/c1-13-6-8-16(9-7-13)28-20(18(25(26)27)17(21)19(22)23)24-11-10-14-4-2-3-5-15(14)12-24/h2-9H,10-12H2,1H3/b20-18-. The molecule has 0 amide bonds. The Morgan fingerprint density at radius 2 is 1.71 bits per heavy atom. The van der Waals surface area contributed by atoms with Gasteiger partial charge in [0.2, 0.25) is 0 Å². The maximum Gasteiger partial charge on any atom is 0.320 e. The molecule has 0 unspecified atom stereocenters. The third-order valence-electron chi connectivity index (χ3n) is 4.41. The van der Waals surface area contributed by atoms with Gasteiger partial charge in [-0.25, -0.2) is 0 Å². The molecular formula is C20H17Cl3N2O2S. The number of fused-ring (bicyclic) bond motifs is 1. The van der Waals surface area contributed by atoms with Crippen molar-refractivity contribution in [3.8, 4) is 0 Å². The lowest BCUT2D eigenvalue weighted by Gasteiger charge is -2.31. The Morgan fingerprint density at radius 3 is 2.32 bits per heavy atom. The van der Waals surface area contributed by atoms with Gasteiger partial charge in [-0.2, -0.15) is 0 Å². The first kappa shape index (κ1) is 21.1. The largest absolute Gasteiger partial charge is 0.356 e. The van der Waals surface area contributed by atoms with Crippen molar-refractivity contribution in [1.82, 2.24) is 4.90 Å². The normalized spacial score (nSPS) is 14.2. The van der Waals surface area contributed by atoms with Crippen molar-refractivity contribution in [2.75, 3.05) is 6.54 Å². The molecule has 1 aliphatic heterocycles. The fourth-order valence-electron chi connectivity index (χ4n) is 2.99. The highest BCUT2D eigenvalue weighted by Gasteiger charge is 2.31.